The van der Waals surface area contributed by atoms with E-state index < -0.39 is 35.3 Å². The van der Waals surface area contributed by atoms with E-state index in [1.165, 1.54) is 0 Å². The van der Waals surface area contributed by atoms with Gasteiger partial charge in [0.05, 0.1) is 14.2 Å². The Bertz CT molecular complexity index is 461. The molecular weight excluding hydrogens is 290 g/mol. The van der Waals surface area contributed by atoms with Crippen LogP contribution in [0.15, 0.2) is 11.6 Å². The number of carbonyl (C=O) groups excluding carboxylic acids is 3. The summed E-state index contributed by atoms with van der Waals surface area (Å²) in [6.07, 6.45) is 1.77. The molecule has 1 aliphatic heterocycles. The molecule has 0 fully saturated rings. The lowest BCUT2D eigenvalue weighted by molar-refractivity contribution is -0.172. The molecule has 7 heteroatoms. The number of hydrogen-bond donors (Lipinski definition) is 1. The summed E-state index contributed by atoms with van der Waals surface area (Å²) in [5.74, 6) is -4.74. The Hall–Kier alpha value is -1.89. The average molecular weight is 313 g/mol. The summed E-state index contributed by atoms with van der Waals surface area (Å²) < 4.78 is 14.7. The maximum atomic E-state index is 12.5. The van der Waals surface area contributed by atoms with Crippen molar-refractivity contribution in [3.05, 3.63) is 11.6 Å². The van der Waals surface area contributed by atoms with Gasteiger partial charge in [-0.05, 0) is 26.3 Å². The van der Waals surface area contributed by atoms with Gasteiger partial charge in [0.2, 0.25) is 0 Å². The maximum absolute atomic E-state index is 12.5. The van der Waals surface area contributed by atoms with Gasteiger partial charge in [-0.25, -0.2) is 0 Å². The SMILES string of the molecule is COC(=O)C(C(=O)OC)C(C(=O)OC(C)(C)C)C1=CCNC1. The highest BCUT2D eigenvalue weighted by atomic mass is 16.6. The lowest BCUT2D eigenvalue weighted by Crippen LogP contribution is -2.42. The fourth-order valence-corrected chi connectivity index (χ4v) is 2.22. The highest BCUT2D eigenvalue weighted by Crippen LogP contribution is 2.28. The van der Waals surface area contributed by atoms with Crippen LogP contribution in [0.25, 0.3) is 0 Å². The molecule has 22 heavy (non-hydrogen) atoms. The van der Waals surface area contributed by atoms with Crippen LogP contribution in [0, 0.1) is 11.8 Å². The molecule has 1 N–H and O–H groups in total. The Kier molecular flexibility index (Phi) is 6.11. The van der Waals surface area contributed by atoms with Crippen LogP contribution in [-0.2, 0) is 28.6 Å². The van der Waals surface area contributed by atoms with Gasteiger partial charge in [0, 0.05) is 13.1 Å². The molecule has 0 spiro atoms. The van der Waals surface area contributed by atoms with E-state index in [0.717, 1.165) is 14.2 Å². The Morgan fingerprint density at radius 1 is 1.09 bits per heavy atom. The first kappa shape index (κ1) is 18.2. The largest absolute Gasteiger partial charge is 0.468 e. The first-order valence-electron chi connectivity index (χ1n) is 6.99. The van der Waals surface area contributed by atoms with Gasteiger partial charge in [-0.2, -0.15) is 0 Å². The van der Waals surface area contributed by atoms with Gasteiger partial charge in [-0.1, -0.05) is 6.08 Å². The van der Waals surface area contributed by atoms with Gasteiger partial charge in [-0.15, -0.1) is 0 Å². The number of nitrogens with one attached hydrogen (secondary N) is 1. The molecule has 124 valence electrons. The number of ether oxygens (including phenoxy) is 3. The van der Waals surface area contributed by atoms with Crippen LogP contribution in [0.3, 0.4) is 0 Å². The molecule has 0 aromatic carbocycles. The van der Waals surface area contributed by atoms with Crippen molar-refractivity contribution in [1.82, 2.24) is 5.32 Å². The van der Waals surface area contributed by atoms with E-state index in [1.807, 2.05) is 0 Å². The minimum atomic E-state index is -1.38. The van der Waals surface area contributed by atoms with Crippen molar-refractivity contribution in [1.29, 1.82) is 0 Å². The maximum Gasteiger partial charge on any atom is 0.321 e. The van der Waals surface area contributed by atoms with E-state index in [9.17, 15) is 14.4 Å². The fourth-order valence-electron chi connectivity index (χ4n) is 2.22. The van der Waals surface area contributed by atoms with Gasteiger partial charge in [0.1, 0.15) is 11.5 Å². The van der Waals surface area contributed by atoms with Gasteiger partial charge >= 0.3 is 17.9 Å². The lowest BCUT2D eigenvalue weighted by atomic mass is 9.85. The van der Waals surface area contributed by atoms with E-state index in [1.54, 1.807) is 26.8 Å². The fraction of sp³-hybridized carbons (Fsp3) is 0.667. The van der Waals surface area contributed by atoms with Crippen LogP contribution in [0.4, 0.5) is 0 Å². The lowest BCUT2D eigenvalue weighted by Gasteiger charge is -2.27. The van der Waals surface area contributed by atoms with Crippen molar-refractivity contribution in [2.75, 3.05) is 27.3 Å². The second kappa shape index (κ2) is 7.40. The first-order chi connectivity index (χ1) is 10.2. The molecule has 0 amide bonds. The number of rotatable bonds is 5. The summed E-state index contributed by atoms with van der Waals surface area (Å²) in [4.78, 5) is 36.5. The standard InChI is InChI=1S/C15H23NO6/c1-15(2,3)22-14(19)10(9-6-7-16-8-9)11(12(17)20-4)13(18)21-5/h6,10-11,16H,7-8H2,1-5H3. The Balaban J connectivity index is 3.19. The second-order valence-corrected chi connectivity index (χ2v) is 5.95. The summed E-state index contributed by atoms with van der Waals surface area (Å²) in [6, 6.07) is 0. The predicted molar refractivity (Wildman–Crippen MR) is 77.8 cm³/mol. The normalized spacial score (nSPS) is 16.0. The topological polar surface area (TPSA) is 90.9 Å². The molecular formula is C15H23NO6. The Labute approximate surface area is 130 Å². The van der Waals surface area contributed by atoms with Crippen LogP contribution in [0.5, 0.6) is 0 Å². The van der Waals surface area contributed by atoms with Crippen molar-refractivity contribution >= 4 is 17.9 Å². The van der Waals surface area contributed by atoms with E-state index >= 15 is 0 Å². The monoisotopic (exact) mass is 313 g/mol. The molecule has 0 aromatic heterocycles. The second-order valence-electron chi connectivity index (χ2n) is 5.95. The molecule has 0 bridgehead atoms. The third kappa shape index (κ3) is 4.56. The molecule has 0 aliphatic carbocycles. The van der Waals surface area contributed by atoms with Crippen LogP contribution < -0.4 is 5.32 Å². The number of esters is 3. The van der Waals surface area contributed by atoms with Crippen molar-refractivity contribution in [2.24, 2.45) is 11.8 Å². The first-order valence-corrected chi connectivity index (χ1v) is 6.99. The quantitative estimate of drug-likeness (QED) is 0.341. The highest BCUT2D eigenvalue weighted by Gasteiger charge is 2.45. The molecule has 0 radical (unpaired) electrons. The molecule has 1 aliphatic rings. The van der Waals surface area contributed by atoms with Gasteiger partial charge < -0.3 is 19.5 Å². The molecule has 1 rings (SSSR count). The zero-order valence-electron chi connectivity index (χ0n) is 13.6. The third-order valence-corrected chi connectivity index (χ3v) is 3.14. The van der Waals surface area contributed by atoms with E-state index in [-0.39, 0.29) is 0 Å². The number of hydrogen-bond acceptors (Lipinski definition) is 7. The molecule has 7 nitrogen and oxygen atoms in total. The summed E-state index contributed by atoms with van der Waals surface area (Å²) in [7, 11) is 2.32. The zero-order valence-corrected chi connectivity index (χ0v) is 13.6. The number of methoxy groups -OCH3 is 2. The summed E-state index contributed by atoms with van der Waals surface area (Å²) >= 11 is 0. The van der Waals surface area contributed by atoms with Crippen molar-refractivity contribution in [3.8, 4) is 0 Å². The van der Waals surface area contributed by atoms with Crippen LogP contribution >= 0.6 is 0 Å². The minimum Gasteiger partial charge on any atom is -0.468 e. The van der Waals surface area contributed by atoms with Crippen molar-refractivity contribution in [3.63, 3.8) is 0 Å². The smallest absolute Gasteiger partial charge is 0.321 e. The minimum absolute atomic E-state index is 0.397. The highest BCUT2D eigenvalue weighted by molar-refractivity contribution is 6.00. The average Bonchev–Trinajstić information content (AvgIpc) is 2.94. The molecule has 1 atom stereocenters. The third-order valence-electron chi connectivity index (χ3n) is 3.14. The Morgan fingerprint density at radius 2 is 1.64 bits per heavy atom. The zero-order chi connectivity index (χ0) is 16.9. The van der Waals surface area contributed by atoms with Crippen molar-refractivity contribution in [2.45, 2.75) is 26.4 Å². The Morgan fingerprint density at radius 3 is 2.00 bits per heavy atom. The molecule has 0 aromatic rings. The van der Waals surface area contributed by atoms with Gasteiger partial charge in [0.25, 0.3) is 0 Å². The van der Waals surface area contributed by atoms with Gasteiger partial charge in [-0.3, -0.25) is 14.4 Å². The summed E-state index contributed by atoms with van der Waals surface area (Å²) in [5, 5.41) is 3.03. The van der Waals surface area contributed by atoms with Crippen LogP contribution in [0.2, 0.25) is 0 Å². The van der Waals surface area contributed by atoms with Crippen molar-refractivity contribution < 1.29 is 28.6 Å². The summed E-state index contributed by atoms with van der Waals surface area (Å²) in [6.45, 7) is 6.11. The molecule has 1 unspecified atom stereocenters. The molecule has 0 saturated heterocycles. The predicted octanol–water partition coefficient (Wildman–Crippen LogP) is 0.436. The molecule has 1 heterocycles. The number of carbonyl (C=O) groups is 3. The van der Waals surface area contributed by atoms with Crippen LogP contribution in [-0.4, -0.2) is 50.8 Å². The van der Waals surface area contributed by atoms with Crippen LogP contribution in [0.1, 0.15) is 20.8 Å². The molecule has 0 saturated carbocycles. The summed E-state index contributed by atoms with van der Waals surface area (Å²) in [5.41, 5.74) is -0.117. The van der Waals surface area contributed by atoms with Gasteiger partial charge in [0.15, 0.2) is 5.92 Å². The van der Waals surface area contributed by atoms with E-state index in [0.29, 0.717) is 18.7 Å². The van der Waals surface area contributed by atoms with E-state index in [4.69, 9.17) is 4.74 Å². The van der Waals surface area contributed by atoms with E-state index in [2.05, 4.69) is 14.8 Å².